The monoisotopic (exact) mass is 490 g/mol. The van der Waals surface area contributed by atoms with Crippen LogP contribution in [0.3, 0.4) is 0 Å². The van der Waals surface area contributed by atoms with E-state index in [0.29, 0.717) is 5.69 Å². The second kappa shape index (κ2) is 12.9. The summed E-state index contributed by atoms with van der Waals surface area (Å²) < 4.78 is 13.2. The summed E-state index contributed by atoms with van der Waals surface area (Å²) in [7, 11) is 0. The Kier molecular flexibility index (Phi) is 9.39. The number of nitrogens with zero attached hydrogens (tertiary/aromatic N) is 1. The van der Waals surface area contributed by atoms with Gasteiger partial charge < -0.3 is 16.0 Å². The van der Waals surface area contributed by atoms with Crippen molar-refractivity contribution in [2.24, 2.45) is 0 Å². The number of Topliss-reactive ketones (excluding diaryl/α,β-unsaturated/α-hetero) is 1. The van der Waals surface area contributed by atoms with Gasteiger partial charge in [-0.3, -0.25) is 24.2 Å². The van der Waals surface area contributed by atoms with Gasteiger partial charge in [-0.25, -0.2) is 4.39 Å². The van der Waals surface area contributed by atoms with Gasteiger partial charge in [0.15, 0.2) is 0 Å². The summed E-state index contributed by atoms with van der Waals surface area (Å²) in [5.41, 5.74) is 1.52. The topological polar surface area (TPSA) is 117 Å². The number of benzene rings is 2. The van der Waals surface area contributed by atoms with Gasteiger partial charge in [0, 0.05) is 18.2 Å². The number of ketones is 1. The maximum atomic E-state index is 13.2. The molecule has 3 amide bonds. The van der Waals surface area contributed by atoms with Crippen molar-refractivity contribution >= 4 is 23.5 Å². The Bertz CT molecular complexity index is 1190. The lowest BCUT2D eigenvalue weighted by molar-refractivity contribution is -0.140. The van der Waals surface area contributed by atoms with E-state index in [9.17, 15) is 23.6 Å². The maximum absolute atomic E-state index is 13.2. The first-order valence-corrected chi connectivity index (χ1v) is 11.5. The molecule has 0 saturated carbocycles. The summed E-state index contributed by atoms with van der Waals surface area (Å²) in [6.07, 6.45) is 1.90. The Hall–Kier alpha value is -4.40. The van der Waals surface area contributed by atoms with Crippen LogP contribution in [0.1, 0.15) is 35.0 Å². The molecule has 0 bridgehead atoms. The van der Waals surface area contributed by atoms with Crippen molar-refractivity contribution in [1.82, 2.24) is 20.9 Å². The fraction of sp³-hybridized carbons (Fsp3) is 0.222. The van der Waals surface area contributed by atoms with Crippen LogP contribution in [-0.2, 0) is 27.3 Å². The van der Waals surface area contributed by atoms with E-state index in [1.54, 1.807) is 55.6 Å². The molecule has 36 heavy (non-hydrogen) atoms. The van der Waals surface area contributed by atoms with Gasteiger partial charge in [-0.1, -0.05) is 43.3 Å². The van der Waals surface area contributed by atoms with Crippen LogP contribution in [0, 0.1) is 5.82 Å². The third-order valence-electron chi connectivity index (χ3n) is 5.43. The second-order valence-electron chi connectivity index (χ2n) is 8.06. The summed E-state index contributed by atoms with van der Waals surface area (Å²) in [5, 5.41) is 7.75. The number of carbonyl (C=O) groups is 4. The standard InChI is InChI=1S/C27H27FN4O4/c1-2-22(31-25(34)19-11-13-20(28)14-12-19)26(35)32-23(16-18-8-4-3-5-9-18)24(33)27(36)30-17-21-10-6-7-15-29-21/h3-15,22-23H,2,16-17H2,1H3,(H,30,36)(H,31,34)(H,32,35)/t22-,23-/m1/s1. The highest BCUT2D eigenvalue weighted by atomic mass is 19.1. The molecule has 2 atom stereocenters. The van der Waals surface area contributed by atoms with E-state index >= 15 is 0 Å². The van der Waals surface area contributed by atoms with E-state index in [4.69, 9.17) is 0 Å². The Balaban J connectivity index is 1.70. The van der Waals surface area contributed by atoms with E-state index in [2.05, 4.69) is 20.9 Å². The molecule has 0 aliphatic heterocycles. The van der Waals surface area contributed by atoms with Crippen LogP contribution < -0.4 is 16.0 Å². The lowest BCUT2D eigenvalue weighted by atomic mass is 10.0. The average Bonchev–Trinajstić information content (AvgIpc) is 2.90. The smallest absolute Gasteiger partial charge is 0.289 e. The van der Waals surface area contributed by atoms with E-state index in [0.717, 1.165) is 17.7 Å². The van der Waals surface area contributed by atoms with Crippen molar-refractivity contribution in [3.05, 3.63) is 102 Å². The summed E-state index contributed by atoms with van der Waals surface area (Å²) >= 11 is 0. The van der Waals surface area contributed by atoms with E-state index in [-0.39, 0.29) is 24.9 Å². The van der Waals surface area contributed by atoms with Crippen molar-refractivity contribution in [1.29, 1.82) is 0 Å². The number of hydrogen-bond acceptors (Lipinski definition) is 5. The van der Waals surface area contributed by atoms with Gasteiger partial charge in [0.25, 0.3) is 11.8 Å². The molecule has 2 aromatic carbocycles. The van der Waals surface area contributed by atoms with Gasteiger partial charge in [-0.2, -0.15) is 0 Å². The Morgan fingerprint density at radius 1 is 0.861 bits per heavy atom. The van der Waals surface area contributed by atoms with Crippen LogP contribution in [0.2, 0.25) is 0 Å². The summed E-state index contributed by atoms with van der Waals surface area (Å²) in [4.78, 5) is 55.3. The Morgan fingerprint density at radius 2 is 1.56 bits per heavy atom. The fourth-order valence-electron chi connectivity index (χ4n) is 3.45. The first kappa shape index (κ1) is 26.2. The minimum absolute atomic E-state index is 0.0583. The largest absolute Gasteiger partial charge is 0.344 e. The number of nitrogens with one attached hydrogen (secondary N) is 3. The van der Waals surface area contributed by atoms with Crippen molar-refractivity contribution < 1.29 is 23.6 Å². The van der Waals surface area contributed by atoms with Crippen LogP contribution in [0.4, 0.5) is 4.39 Å². The molecule has 0 aliphatic rings. The summed E-state index contributed by atoms with van der Waals surface area (Å²) in [5.74, 6) is -3.33. The molecule has 9 heteroatoms. The molecule has 0 aliphatic carbocycles. The first-order valence-electron chi connectivity index (χ1n) is 11.5. The number of halogens is 1. The van der Waals surface area contributed by atoms with Crippen LogP contribution in [0.25, 0.3) is 0 Å². The van der Waals surface area contributed by atoms with E-state index in [1.807, 2.05) is 6.07 Å². The third kappa shape index (κ3) is 7.56. The highest BCUT2D eigenvalue weighted by molar-refractivity contribution is 6.38. The van der Waals surface area contributed by atoms with E-state index in [1.165, 1.54) is 12.1 Å². The zero-order chi connectivity index (χ0) is 25.9. The molecule has 3 aromatic rings. The minimum atomic E-state index is -1.15. The molecule has 0 radical (unpaired) electrons. The predicted octanol–water partition coefficient (Wildman–Crippen LogP) is 2.34. The van der Waals surface area contributed by atoms with Gasteiger partial charge >= 0.3 is 0 Å². The molecule has 3 rings (SSSR count). The Labute approximate surface area is 208 Å². The van der Waals surface area contributed by atoms with Gasteiger partial charge in [0.1, 0.15) is 17.9 Å². The highest BCUT2D eigenvalue weighted by Crippen LogP contribution is 2.07. The number of carbonyl (C=O) groups excluding carboxylic acids is 4. The SMILES string of the molecule is CC[C@@H](NC(=O)c1ccc(F)cc1)C(=O)N[C@H](Cc1ccccc1)C(=O)C(=O)NCc1ccccn1. The molecule has 0 saturated heterocycles. The average molecular weight is 491 g/mol. The zero-order valence-electron chi connectivity index (χ0n) is 19.7. The molecule has 1 aromatic heterocycles. The molecule has 186 valence electrons. The van der Waals surface area contributed by atoms with Gasteiger partial charge in [0.2, 0.25) is 11.7 Å². The van der Waals surface area contributed by atoms with Crippen LogP contribution in [0.5, 0.6) is 0 Å². The van der Waals surface area contributed by atoms with Crippen molar-refractivity contribution in [2.45, 2.75) is 38.4 Å². The second-order valence-corrected chi connectivity index (χ2v) is 8.06. The normalized spacial score (nSPS) is 12.2. The fourth-order valence-corrected chi connectivity index (χ4v) is 3.45. The van der Waals surface area contributed by atoms with Crippen molar-refractivity contribution in [2.75, 3.05) is 0 Å². The van der Waals surface area contributed by atoms with Crippen LogP contribution in [0.15, 0.2) is 79.0 Å². The Morgan fingerprint density at radius 3 is 2.19 bits per heavy atom. The predicted molar refractivity (Wildman–Crippen MR) is 131 cm³/mol. The lowest BCUT2D eigenvalue weighted by Crippen LogP contribution is -2.54. The van der Waals surface area contributed by atoms with Gasteiger partial charge in [-0.15, -0.1) is 0 Å². The van der Waals surface area contributed by atoms with Crippen LogP contribution in [-0.4, -0.2) is 40.6 Å². The van der Waals surface area contributed by atoms with Crippen molar-refractivity contribution in [3.8, 4) is 0 Å². The molecule has 1 heterocycles. The molecular weight excluding hydrogens is 463 g/mol. The van der Waals surface area contributed by atoms with E-state index < -0.39 is 41.4 Å². The number of hydrogen-bond donors (Lipinski definition) is 3. The summed E-state index contributed by atoms with van der Waals surface area (Å²) in [6, 6.07) is 17.0. The minimum Gasteiger partial charge on any atom is -0.344 e. The highest BCUT2D eigenvalue weighted by Gasteiger charge is 2.30. The quantitative estimate of drug-likeness (QED) is 0.357. The first-order chi connectivity index (χ1) is 17.4. The third-order valence-corrected chi connectivity index (χ3v) is 5.43. The molecule has 0 unspecified atom stereocenters. The molecule has 0 fully saturated rings. The number of aromatic nitrogens is 1. The molecule has 8 nitrogen and oxygen atoms in total. The number of amides is 3. The molecular formula is C27H27FN4O4. The zero-order valence-corrected chi connectivity index (χ0v) is 19.7. The van der Waals surface area contributed by atoms with Gasteiger partial charge in [0.05, 0.1) is 12.2 Å². The molecule has 3 N–H and O–H groups in total. The number of rotatable bonds is 11. The lowest BCUT2D eigenvalue weighted by Gasteiger charge is -2.22. The maximum Gasteiger partial charge on any atom is 0.289 e. The number of pyridine rings is 1. The summed E-state index contributed by atoms with van der Waals surface area (Å²) in [6.45, 7) is 1.76. The molecule has 0 spiro atoms. The van der Waals surface area contributed by atoms with Crippen LogP contribution >= 0.6 is 0 Å². The van der Waals surface area contributed by atoms with Crippen molar-refractivity contribution in [3.63, 3.8) is 0 Å². The van der Waals surface area contributed by atoms with Gasteiger partial charge in [-0.05, 0) is 48.4 Å².